The molecule has 0 aromatic rings. The maximum absolute atomic E-state index is 12.3. The Hall–Kier alpha value is -0.250. The van der Waals surface area contributed by atoms with Gasteiger partial charge in [-0.2, -0.15) is 13.2 Å². The highest BCUT2D eigenvalue weighted by atomic mass is 19.4. The molecule has 1 aliphatic heterocycles. The van der Waals surface area contributed by atoms with Gasteiger partial charge in [-0.3, -0.25) is 4.90 Å². The quantitative estimate of drug-likeness (QED) is 0.734. The molecule has 1 saturated heterocycles. The number of nitrogens with zero attached hydrogens (tertiary/aromatic N) is 1. The molecule has 1 aliphatic rings. The summed E-state index contributed by atoms with van der Waals surface area (Å²) in [5.74, 6) is 1.08. The first-order valence-electron chi connectivity index (χ1n) is 6.46. The molecule has 0 atom stereocenters. The van der Waals surface area contributed by atoms with Gasteiger partial charge in [0, 0.05) is 0 Å². The van der Waals surface area contributed by atoms with Crippen molar-refractivity contribution in [2.45, 2.75) is 46.7 Å². The third-order valence-electron chi connectivity index (χ3n) is 4.49. The van der Waals surface area contributed by atoms with Gasteiger partial charge in [0.15, 0.2) is 0 Å². The van der Waals surface area contributed by atoms with Gasteiger partial charge in [-0.15, -0.1) is 0 Å². The molecule has 1 nitrogen and oxygen atoms in total. The van der Waals surface area contributed by atoms with Crippen LogP contribution in [-0.4, -0.2) is 30.7 Å². The number of rotatable bonds is 3. The van der Waals surface area contributed by atoms with Gasteiger partial charge in [0.05, 0.1) is 6.54 Å². The van der Waals surface area contributed by atoms with Gasteiger partial charge in [0.2, 0.25) is 0 Å². The van der Waals surface area contributed by atoms with Gasteiger partial charge in [-0.1, -0.05) is 27.7 Å². The van der Waals surface area contributed by atoms with Crippen LogP contribution < -0.4 is 0 Å². The number of hydrogen-bond acceptors (Lipinski definition) is 1. The van der Waals surface area contributed by atoms with E-state index in [0.717, 1.165) is 12.8 Å². The molecule has 0 unspecified atom stereocenters. The normalized spacial score (nSPS) is 22.4. The first kappa shape index (κ1) is 14.8. The summed E-state index contributed by atoms with van der Waals surface area (Å²) in [7, 11) is 0. The van der Waals surface area contributed by atoms with Crippen LogP contribution in [0.1, 0.15) is 40.5 Å². The fraction of sp³-hybridized carbons (Fsp3) is 1.00. The Morgan fingerprint density at radius 1 is 1.00 bits per heavy atom. The van der Waals surface area contributed by atoms with E-state index in [1.165, 1.54) is 0 Å². The predicted molar refractivity (Wildman–Crippen MR) is 63.8 cm³/mol. The van der Waals surface area contributed by atoms with Crippen molar-refractivity contribution in [2.24, 2.45) is 17.3 Å². The first-order chi connectivity index (χ1) is 7.67. The standard InChI is InChI=1S/C13H24F3N/c1-10(2)12(11(3)4)5-7-17(8-6-12)9-13(14,15)16/h10-11H,5-9H2,1-4H3. The topological polar surface area (TPSA) is 3.24 Å². The minimum Gasteiger partial charge on any atom is -0.295 e. The predicted octanol–water partition coefficient (Wildman–Crippen LogP) is 3.94. The molecule has 17 heavy (non-hydrogen) atoms. The number of hydrogen-bond donors (Lipinski definition) is 0. The highest BCUT2D eigenvalue weighted by molar-refractivity contribution is 4.91. The Bertz CT molecular complexity index is 228. The summed E-state index contributed by atoms with van der Waals surface area (Å²) in [6.07, 6.45) is -2.29. The molecule has 0 aromatic heterocycles. The minimum atomic E-state index is -4.06. The van der Waals surface area contributed by atoms with Crippen LogP contribution in [-0.2, 0) is 0 Å². The zero-order valence-electron chi connectivity index (χ0n) is 11.3. The third kappa shape index (κ3) is 3.60. The van der Waals surface area contributed by atoms with E-state index in [2.05, 4.69) is 27.7 Å². The van der Waals surface area contributed by atoms with E-state index in [4.69, 9.17) is 0 Å². The molecule has 4 heteroatoms. The lowest BCUT2D eigenvalue weighted by atomic mass is 9.63. The molecule has 1 fully saturated rings. The summed E-state index contributed by atoms with van der Waals surface area (Å²) in [5, 5.41) is 0. The van der Waals surface area contributed by atoms with Crippen LogP contribution in [0.4, 0.5) is 13.2 Å². The number of likely N-dealkylation sites (tertiary alicyclic amines) is 1. The molecule has 0 bridgehead atoms. The van der Waals surface area contributed by atoms with E-state index in [1.54, 1.807) is 4.90 Å². The summed E-state index contributed by atoms with van der Waals surface area (Å²) >= 11 is 0. The lowest BCUT2D eigenvalue weighted by Gasteiger charge is -2.47. The Balaban J connectivity index is 2.59. The van der Waals surface area contributed by atoms with Crippen molar-refractivity contribution < 1.29 is 13.2 Å². The van der Waals surface area contributed by atoms with Gasteiger partial charge in [0.1, 0.15) is 0 Å². The van der Waals surface area contributed by atoms with Crippen molar-refractivity contribution in [3.8, 4) is 0 Å². The van der Waals surface area contributed by atoms with E-state index in [1.807, 2.05) is 0 Å². The van der Waals surface area contributed by atoms with Crippen LogP contribution in [0.3, 0.4) is 0 Å². The Morgan fingerprint density at radius 2 is 1.41 bits per heavy atom. The number of piperidine rings is 1. The zero-order valence-corrected chi connectivity index (χ0v) is 11.3. The van der Waals surface area contributed by atoms with E-state index in [-0.39, 0.29) is 5.41 Å². The Kier molecular flexibility index (Phi) is 4.50. The second-order valence-electron chi connectivity index (χ2n) is 5.93. The van der Waals surface area contributed by atoms with Gasteiger partial charge in [-0.05, 0) is 43.2 Å². The van der Waals surface area contributed by atoms with Crippen molar-refractivity contribution in [1.82, 2.24) is 4.90 Å². The molecule has 0 radical (unpaired) electrons. The average Bonchev–Trinajstić information content (AvgIpc) is 2.15. The Labute approximate surface area is 102 Å². The third-order valence-corrected chi connectivity index (χ3v) is 4.49. The molecular weight excluding hydrogens is 227 g/mol. The molecule has 0 N–H and O–H groups in total. The highest BCUT2D eigenvalue weighted by Gasteiger charge is 2.41. The molecule has 102 valence electrons. The molecule has 0 aromatic carbocycles. The van der Waals surface area contributed by atoms with E-state index >= 15 is 0 Å². The maximum atomic E-state index is 12.3. The van der Waals surface area contributed by atoms with E-state index < -0.39 is 12.7 Å². The highest BCUT2D eigenvalue weighted by Crippen LogP contribution is 2.45. The SMILES string of the molecule is CC(C)C1(C(C)C)CCN(CC(F)(F)F)CC1. The molecule has 0 spiro atoms. The van der Waals surface area contributed by atoms with Crippen LogP contribution in [0.15, 0.2) is 0 Å². The second-order valence-corrected chi connectivity index (χ2v) is 5.93. The van der Waals surface area contributed by atoms with E-state index in [0.29, 0.717) is 24.9 Å². The lowest BCUT2D eigenvalue weighted by molar-refractivity contribution is -0.152. The summed E-state index contributed by atoms with van der Waals surface area (Å²) in [6, 6.07) is 0. The van der Waals surface area contributed by atoms with Crippen molar-refractivity contribution in [1.29, 1.82) is 0 Å². The van der Waals surface area contributed by atoms with Crippen molar-refractivity contribution in [2.75, 3.05) is 19.6 Å². The summed E-state index contributed by atoms with van der Waals surface area (Å²) in [5.41, 5.74) is 0.224. The Morgan fingerprint density at radius 3 is 1.71 bits per heavy atom. The molecule has 0 amide bonds. The van der Waals surface area contributed by atoms with Crippen molar-refractivity contribution >= 4 is 0 Å². The maximum Gasteiger partial charge on any atom is 0.401 e. The molecule has 1 heterocycles. The van der Waals surface area contributed by atoms with Crippen LogP contribution in [0.2, 0.25) is 0 Å². The van der Waals surface area contributed by atoms with E-state index in [9.17, 15) is 13.2 Å². The van der Waals surface area contributed by atoms with Crippen LogP contribution in [0.5, 0.6) is 0 Å². The minimum absolute atomic E-state index is 0.224. The van der Waals surface area contributed by atoms with Crippen LogP contribution in [0.25, 0.3) is 0 Å². The lowest BCUT2D eigenvalue weighted by Crippen LogP contribution is -2.47. The fourth-order valence-corrected chi connectivity index (χ4v) is 3.20. The average molecular weight is 251 g/mol. The fourth-order valence-electron chi connectivity index (χ4n) is 3.20. The number of alkyl halides is 3. The summed E-state index contributed by atoms with van der Waals surface area (Å²) in [6.45, 7) is 9.18. The molecule has 1 rings (SSSR count). The smallest absolute Gasteiger partial charge is 0.295 e. The van der Waals surface area contributed by atoms with Crippen molar-refractivity contribution in [3.63, 3.8) is 0 Å². The van der Waals surface area contributed by atoms with Gasteiger partial charge < -0.3 is 0 Å². The summed E-state index contributed by atoms with van der Waals surface area (Å²) in [4.78, 5) is 1.54. The second kappa shape index (κ2) is 5.17. The zero-order chi connectivity index (χ0) is 13.3. The van der Waals surface area contributed by atoms with Crippen LogP contribution in [0, 0.1) is 17.3 Å². The monoisotopic (exact) mass is 251 g/mol. The van der Waals surface area contributed by atoms with Gasteiger partial charge >= 0.3 is 6.18 Å². The largest absolute Gasteiger partial charge is 0.401 e. The van der Waals surface area contributed by atoms with Gasteiger partial charge in [0.25, 0.3) is 0 Å². The first-order valence-corrected chi connectivity index (χ1v) is 6.46. The van der Waals surface area contributed by atoms with Gasteiger partial charge in [-0.25, -0.2) is 0 Å². The summed E-state index contributed by atoms with van der Waals surface area (Å²) < 4.78 is 36.9. The molecule has 0 aliphatic carbocycles. The number of halogens is 3. The molecule has 0 saturated carbocycles. The van der Waals surface area contributed by atoms with Crippen molar-refractivity contribution in [3.05, 3.63) is 0 Å². The molecular formula is C13H24F3N. The van der Waals surface area contributed by atoms with Crippen LogP contribution >= 0.6 is 0 Å².